The van der Waals surface area contributed by atoms with Crippen molar-refractivity contribution in [1.82, 2.24) is 4.90 Å². The number of halogens is 1. The number of hydrogen-bond donors (Lipinski definition) is 1. The van der Waals surface area contributed by atoms with Crippen LogP contribution in [0.2, 0.25) is 0 Å². The second-order valence-corrected chi connectivity index (χ2v) is 7.52. The number of aryl methyl sites for hydroxylation is 1. The Labute approximate surface area is 151 Å². The van der Waals surface area contributed by atoms with E-state index in [0.717, 1.165) is 30.4 Å². The van der Waals surface area contributed by atoms with Crippen molar-refractivity contribution >= 4 is 11.9 Å². The van der Waals surface area contributed by atoms with E-state index in [9.17, 15) is 19.1 Å². The number of carboxylic acids is 1. The molecule has 0 unspecified atom stereocenters. The Hall–Kier alpha value is -2.69. The van der Waals surface area contributed by atoms with Crippen molar-refractivity contribution in [3.8, 4) is 0 Å². The highest BCUT2D eigenvalue weighted by Crippen LogP contribution is 2.43. The minimum Gasteiger partial charge on any atom is -0.478 e. The van der Waals surface area contributed by atoms with Gasteiger partial charge in [-0.1, -0.05) is 18.2 Å². The van der Waals surface area contributed by atoms with Gasteiger partial charge in [0.25, 0.3) is 0 Å². The Balaban J connectivity index is 1.53. The number of rotatable bonds is 3. The van der Waals surface area contributed by atoms with E-state index in [4.69, 9.17) is 0 Å². The Kier molecular flexibility index (Phi) is 4.02. The van der Waals surface area contributed by atoms with Gasteiger partial charge in [-0.05, 0) is 60.2 Å². The Morgan fingerprint density at radius 1 is 1.12 bits per heavy atom. The molecule has 1 aliphatic heterocycles. The maximum Gasteiger partial charge on any atom is 0.335 e. The summed E-state index contributed by atoms with van der Waals surface area (Å²) in [5, 5.41) is 9.22. The van der Waals surface area contributed by atoms with Crippen molar-refractivity contribution in [3.05, 3.63) is 70.5 Å². The molecule has 0 radical (unpaired) electrons. The maximum atomic E-state index is 13.1. The zero-order valence-corrected chi connectivity index (χ0v) is 14.4. The molecule has 5 heteroatoms. The molecule has 1 fully saturated rings. The van der Waals surface area contributed by atoms with Crippen LogP contribution in [0.25, 0.3) is 0 Å². The third-order valence-electron chi connectivity index (χ3n) is 5.64. The average Bonchev–Trinajstić information content (AvgIpc) is 2.91. The minimum absolute atomic E-state index is 0.118. The predicted octanol–water partition coefficient (Wildman–Crippen LogP) is 3.43. The molecule has 4 rings (SSSR count). The first-order valence-corrected chi connectivity index (χ1v) is 8.81. The number of carbonyl (C=O) groups is 2. The van der Waals surface area contributed by atoms with Crippen LogP contribution >= 0.6 is 0 Å². The first kappa shape index (κ1) is 16.8. The third kappa shape index (κ3) is 3.09. The molecule has 0 aromatic heterocycles. The molecule has 1 N–H and O–H groups in total. The molecule has 2 aliphatic rings. The molecular formula is C21H20FNO3. The summed E-state index contributed by atoms with van der Waals surface area (Å²) in [5.74, 6) is -1.09. The monoisotopic (exact) mass is 353 g/mol. The molecule has 2 aromatic carbocycles. The molecule has 1 saturated heterocycles. The van der Waals surface area contributed by atoms with Gasteiger partial charge in [-0.3, -0.25) is 4.79 Å². The molecule has 1 heterocycles. The molecule has 0 saturated carbocycles. The zero-order valence-electron chi connectivity index (χ0n) is 14.4. The number of fused-ring (bicyclic) bond motifs is 1. The molecule has 1 aliphatic carbocycles. The fraction of sp³-hybridized carbons (Fsp3) is 0.333. The SMILES string of the molecule is O=C(O)c1ccc2c(c1)C[C@]1(CC2)CC(=O)N(Cc2ccc(F)cc2)C1. The molecule has 4 nitrogen and oxygen atoms in total. The Bertz CT molecular complexity index is 877. The summed E-state index contributed by atoms with van der Waals surface area (Å²) >= 11 is 0. The number of aromatic carboxylic acids is 1. The Morgan fingerprint density at radius 3 is 2.62 bits per heavy atom. The van der Waals surface area contributed by atoms with E-state index in [0.29, 0.717) is 25.1 Å². The van der Waals surface area contributed by atoms with Gasteiger partial charge in [0.1, 0.15) is 5.82 Å². The van der Waals surface area contributed by atoms with Crippen LogP contribution in [0.15, 0.2) is 42.5 Å². The fourth-order valence-electron chi connectivity index (χ4n) is 4.28. The van der Waals surface area contributed by atoms with Crippen LogP contribution in [-0.2, 0) is 24.2 Å². The van der Waals surface area contributed by atoms with Gasteiger partial charge >= 0.3 is 5.97 Å². The highest BCUT2D eigenvalue weighted by Gasteiger charge is 2.44. The second kappa shape index (κ2) is 6.24. The van der Waals surface area contributed by atoms with E-state index in [1.807, 2.05) is 11.0 Å². The van der Waals surface area contributed by atoms with Crippen LogP contribution < -0.4 is 0 Å². The van der Waals surface area contributed by atoms with Gasteiger partial charge in [-0.25, -0.2) is 9.18 Å². The molecule has 2 aromatic rings. The molecule has 1 spiro atoms. The fourth-order valence-corrected chi connectivity index (χ4v) is 4.28. The van der Waals surface area contributed by atoms with Crippen molar-refractivity contribution < 1.29 is 19.1 Å². The highest BCUT2D eigenvalue weighted by molar-refractivity contribution is 5.88. The lowest BCUT2D eigenvalue weighted by atomic mass is 9.70. The number of hydrogen-bond acceptors (Lipinski definition) is 2. The largest absolute Gasteiger partial charge is 0.478 e. The van der Waals surface area contributed by atoms with Crippen LogP contribution in [0.5, 0.6) is 0 Å². The molecular weight excluding hydrogens is 333 g/mol. The number of carbonyl (C=O) groups excluding carboxylic acids is 1. The van der Waals surface area contributed by atoms with E-state index >= 15 is 0 Å². The molecule has 1 atom stereocenters. The van der Waals surface area contributed by atoms with Gasteiger partial charge in [-0.2, -0.15) is 0 Å². The Morgan fingerprint density at radius 2 is 1.88 bits per heavy atom. The van der Waals surface area contributed by atoms with Crippen molar-refractivity contribution in [2.45, 2.75) is 32.2 Å². The van der Waals surface area contributed by atoms with E-state index in [1.54, 1.807) is 24.3 Å². The average molecular weight is 353 g/mol. The van der Waals surface area contributed by atoms with E-state index < -0.39 is 5.97 Å². The smallest absolute Gasteiger partial charge is 0.335 e. The van der Waals surface area contributed by atoms with E-state index in [1.165, 1.54) is 17.7 Å². The molecule has 1 amide bonds. The number of likely N-dealkylation sites (tertiary alicyclic amines) is 1. The summed E-state index contributed by atoms with van der Waals surface area (Å²) in [6, 6.07) is 11.6. The summed E-state index contributed by atoms with van der Waals surface area (Å²) in [6.07, 6.45) is 3.02. The van der Waals surface area contributed by atoms with Crippen LogP contribution in [-0.4, -0.2) is 28.4 Å². The van der Waals surface area contributed by atoms with Gasteiger partial charge in [0.05, 0.1) is 5.56 Å². The van der Waals surface area contributed by atoms with Crippen molar-refractivity contribution in [1.29, 1.82) is 0 Å². The van der Waals surface area contributed by atoms with Crippen LogP contribution in [0.3, 0.4) is 0 Å². The van der Waals surface area contributed by atoms with Gasteiger partial charge in [-0.15, -0.1) is 0 Å². The molecule has 26 heavy (non-hydrogen) atoms. The number of nitrogens with zero attached hydrogens (tertiary/aromatic N) is 1. The lowest BCUT2D eigenvalue weighted by molar-refractivity contribution is -0.128. The van der Waals surface area contributed by atoms with E-state index in [-0.39, 0.29) is 17.1 Å². The molecule has 134 valence electrons. The number of benzene rings is 2. The number of amides is 1. The van der Waals surface area contributed by atoms with Crippen LogP contribution in [0, 0.1) is 11.2 Å². The van der Waals surface area contributed by atoms with Gasteiger partial charge in [0.2, 0.25) is 5.91 Å². The third-order valence-corrected chi connectivity index (χ3v) is 5.64. The van der Waals surface area contributed by atoms with E-state index in [2.05, 4.69) is 0 Å². The predicted molar refractivity (Wildman–Crippen MR) is 94.3 cm³/mol. The van der Waals surface area contributed by atoms with Crippen molar-refractivity contribution in [2.75, 3.05) is 6.54 Å². The van der Waals surface area contributed by atoms with Crippen molar-refractivity contribution in [2.24, 2.45) is 5.41 Å². The summed E-state index contributed by atoms with van der Waals surface area (Å²) in [7, 11) is 0. The highest BCUT2D eigenvalue weighted by atomic mass is 19.1. The maximum absolute atomic E-state index is 13.1. The van der Waals surface area contributed by atoms with Gasteiger partial charge in [0, 0.05) is 24.9 Å². The lowest BCUT2D eigenvalue weighted by Crippen LogP contribution is -2.33. The first-order valence-electron chi connectivity index (χ1n) is 8.81. The number of carboxylic acid groups (broad SMARTS) is 1. The lowest BCUT2D eigenvalue weighted by Gasteiger charge is -2.34. The van der Waals surface area contributed by atoms with Crippen LogP contribution in [0.4, 0.5) is 4.39 Å². The topological polar surface area (TPSA) is 57.6 Å². The summed E-state index contributed by atoms with van der Waals surface area (Å²) in [6.45, 7) is 1.16. The first-order chi connectivity index (χ1) is 12.4. The minimum atomic E-state index is -0.923. The zero-order chi connectivity index (χ0) is 18.3. The summed E-state index contributed by atoms with van der Waals surface area (Å²) < 4.78 is 13.1. The normalized spacial score (nSPS) is 21.9. The van der Waals surface area contributed by atoms with Crippen LogP contribution in [0.1, 0.15) is 39.9 Å². The molecule has 0 bridgehead atoms. The quantitative estimate of drug-likeness (QED) is 0.920. The summed E-state index contributed by atoms with van der Waals surface area (Å²) in [4.78, 5) is 25.7. The van der Waals surface area contributed by atoms with Gasteiger partial charge in [0.15, 0.2) is 0 Å². The second-order valence-electron chi connectivity index (χ2n) is 7.52. The summed E-state index contributed by atoms with van der Waals surface area (Å²) in [5.41, 5.74) is 3.33. The van der Waals surface area contributed by atoms with Gasteiger partial charge < -0.3 is 10.0 Å². The standard InChI is InChI=1S/C21H20FNO3/c22-18-5-1-14(2-6-18)12-23-13-21(11-19(23)24)8-7-15-3-4-16(20(25)26)9-17(15)10-21/h1-6,9H,7-8,10-13H2,(H,25,26)/t21-/m1/s1. The van der Waals surface area contributed by atoms with Crippen molar-refractivity contribution in [3.63, 3.8) is 0 Å².